The van der Waals surface area contributed by atoms with Crippen molar-refractivity contribution in [2.24, 2.45) is 10.9 Å². The van der Waals surface area contributed by atoms with E-state index in [0.717, 1.165) is 31.4 Å². The van der Waals surface area contributed by atoms with Crippen LogP contribution >= 0.6 is 0 Å². The summed E-state index contributed by atoms with van der Waals surface area (Å²) in [6, 6.07) is 0. The minimum absolute atomic E-state index is 0.131. The van der Waals surface area contributed by atoms with Crippen LogP contribution in [0.4, 0.5) is 0 Å². The summed E-state index contributed by atoms with van der Waals surface area (Å²) in [5.41, 5.74) is 0. The molecule has 0 heterocycles. The lowest BCUT2D eigenvalue weighted by Crippen LogP contribution is -2.39. The molecular weight excluding hydrogens is 264 g/mol. The maximum atomic E-state index is 11.2. The Balaban J connectivity index is 2.15. The molecule has 112 valence electrons. The van der Waals surface area contributed by atoms with Gasteiger partial charge in [-0.3, -0.25) is 4.99 Å². The summed E-state index contributed by atoms with van der Waals surface area (Å²) in [5, 5.41) is 6.40. The van der Waals surface area contributed by atoms with Gasteiger partial charge in [-0.1, -0.05) is 0 Å². The highest BCUT2D eigenvalue weighted by atomic mass is 32.2. The summed E-state index contributed by atoms with van der Waals surface area (Å²) in [4.78, 5) is 4.49. The van der Waals surface area contributed by atoms with Crippen LogP contribution in [-0.4, -0.2) is 46.3 Å². The summed E-state index contributed by atoms with van der Waals surface area (Å²) < 4.78 is 25.0. The molecular formula is C12H26N4O2S. The first-order chi connectivity index (χ1) is 9.07. The van der Waals surface area contributed by atoms with E-state index >= 15 is 0 Å². The first-order valence-electron chi connectivity index (χ1n) is 7.07. The van der Waals surface area contributed by atoms with Gasteiger partial charge < -0.3 is 10.6 Å². The molecule has 1 rings (SSSR count). The van der Waals surface area contributed by atoms with Crippen molar-refractivity contribution in [3.05, 3.63) is 0 Å². The van der Waals surface area contributed by atoms with E-state index in [-0.39, 0.29) is 5.75 Å². The molecule has 0 saturated heterocycles. The molecule has 0 aliphatic heterocycles. The van der Waals surface area contributed by atoms with E-state index < -0.39 is 10.0 Å². The van der Waals surface area contributed by atoms with Gasteiger partial charge in [-0.15, -0.1) is 0 Å². The van der Waals surface area contributed by atoms with Crippen LogP contribution in [0.2, 0.25) is 0 Å². The second-order valence-corrected chi connectivity index (χ2v) is 6.84. The van der Waals surface area contributed by atoms with E-state index in [1.165, 1.54) is 12.8 Å². The van der Waals surface area contributed by atoms with Crippen molar-refractivity contribution in [1.82, 2.24) is 15.4 Å². The van der Waals surface area contributed by atoms with Gasteiger partial charge in [0.25, 0.3) is 0 Å². The van der Waals surface area contributed by atoms with Gasteiger partial charge in [-0.25, -0.2) is 13.1 Å². The fourth-order valence-electron chi connectivity index (χ4n) is 1.49. The van der Waals surface area contributed by atoms with Gasteiger partial charge in [-0.2, -0.15) is 0 Å². The topological polar surface area (TPSA) is 82.6 Å². The molecule has 0 radical (unpaired) electrons. The second kappa shape index (κ2) is 8.37. The Kier molecular flexibility index (Phi) is 7.15. The predicted molar refractivity (Wildman–Crippen MR) is 78.8 cm³/mol. The van der Waals surface area contributed by atoms with Crippen molar-refractivity contribution >= 4 is 16.0 Å². The fraction of sp³-hybridized carbons (Fsp3) is 0.917. The predicted octanol–water partition coefficient (Wildman–Crippen LogP) is 0.281. The quantitative estimate of drug-likeness (QED) is 0.324. The number of hydrogen-bond donors (Lipinski definition) is 3. The summed E-state index contributed by atoms with van der Waals surface area (Å²) in [6.07, 6.45) is 3.33. The highest BCUT2D eigenvalue weighted by Gasteiger charge is 2.20. The largest absolute Gasteiger partial charge is 0.357 e. The molecule has 0 amide bonds. The number of guanidine groups is 1. The van der Waals surface area contributed by atoms with Gasteiger partial charge in [0.2, 0.25) is 10.0 Å². The lowest BCUT2D eigenvalue weighted by atomic mass is 10.4. The van der Waals surface area contributed by atoms with Crippen LogP contribution < -0.4 is 15.4 Å². The lowest BCUT2D eigenvalue weighted by molar-refractivity contribution is 0.579. The Morgan fingerprint density at radius 2 is 1.95 bits per heavy atom. The number of nitrogens with one attached hydrogen (secondary N) is 3. The Bertz CT molecular complexity index is 377. The normalized spacial score (nSPS) is 16.4. The van der Waals surface area contributed by atoms with Gasteiger partial charge >= 0.3 is 0 Å². The van der Waals surface area contributed by atoms with Gasteiger partial charge in [-0.05, 0) is 39.0 Å². The van der Waals surface area contributed by atoms with Crippen LogP contribution in [0.1, 0.15) is 33.1 Å². The third-order valence-electron chi connectivity index (χ3n) is 2.90. The molecule has 3 N–H and O–H groups in total. The lowest BCUT2D eigenvalue weighted by Gasteiger charge is -2.11. The number of sulfonamides is 1. The van der Waals surface area contributed by atoms with Gasteiger partial charge in [0, 0.05) is 26.2 Å². The highest BCUT2D eigenvalue weighted by Crippen LogP contribution is 2.28. The molecule has 19 heavy (non-hydrogen) atoms. The number of hydrogen-bond acceptors (Lipinski definition) is 3. The average Bonchev–Trinajstić information content (AvgIpc) is 3.19. The molecule has 7 heteroatoms. The third kappa shape index (κ3) is 8.05. The molecule has 0 aromatic carbocycles. The standard InChI is InChI=1S/C12H26N4O2S/c1-3-13-12(15-10-11-6-7-11)14-8-5-9-16-19(17,18)4-2/h11,16H,3-10H2,1-2H3,(H2,13,14,15). The Morgan fingerprint density at radius 3 is 2.53 bits per heavy atom. The van der Waals surface area contributed by atoms with Crippen LogP contribution in [-0.2, 0) is 10.0 Å². The smallest absolute Gasteiger partial charge is 0.211 e. The summed E-state index contributed by atoms with van der Waals surface area (Å²) >= 11 is 0. The molecule has 1 aliphatic carbocycles. The molecule has 0 aromatic rings. The molecule has 0 bridgehead atoms. The van der Waals surface area contributed by atoms with Crippen molar-refractivity contribution in [3.8, 4) is 0 Å². The number of nitrogens with zero attached hydrogens (tertiary/aromatic N) is 1. The molecule has 0 spiro atoms. The van der Waals surface area contributed by atoms with E-state index in [0.29, 0.717) is 13.1 Å². The first kappa shape index (κ1) is 16.2. The molecule has 0 aromatic heterocycles. The maximum Gasteiger partial charge on any atom is 0.211 e. The summed E-state index contributed by atoms with van der Waals surface area (Å²) in [6.45, 7) is 6.56. The monoisotopic (exact) mass is 290 g/mol. The number of rotatable bonds is 9. The van der Waals surface area contributed by atoms with Crippen LogP contribution in [0.3, 0.4) is 0 Å². The van der Waals surface area contributed by atoms with Crippen LogP contribution in [0, 0.1) is 5.92 Å². The molecule has 6 nitrogen and oxygen atoms in total. The molecule has 0 atom stereocenters. The maximum absolute atomic E-state index is 11.2. The Morgan fingerprint density at radius 1 is 1.21 bits per heavy atom. The van der Waals surface area contributed by atoms with E-state index in [2.05, 4.69) is 20.3 Å². The van der Waals surface area contributed by atoms with E-state index in [9.17, 15) is 8.42 Å². The average molecular weight is 290 g/mol. The Hall–Kier alpha value is -0.820. The van der Waals surface area contributed by atoms with Crippen LogP contribution in [0.15, 0.2) is 4.99 Å². The van der Waals surface area contributed by atoms with Crippen LogP contribution in [0.25, 0.3) is 0 Å². The zero-order valence-electron chi connectivity index (χ0n) is 11.9. The SMILES string of the molecule is CCNC(=NCC1CC1)NCCCNS(=O)(=O)CC. The van der Waals surface area contributed by atoms with Crippen molar-refractivity contribution in [2.75, 3.05) is 31.9 Å². The zero-order valence-corrected chi connectivity index (χ0v) is 12.7. The minimum atomic E-state index is -3.07. The molecule has 1 aliphatic rings. The summed E-state index contributed by atoms with van der Waals surface area (Å²) in [5.74, 6) is 1.73. The molecule has 1 fully saturated rings. The second-order valence-electron chi connectivity index (χ2n) is 4.74. The van der Waals surface area contributed by atoms with Crippen molar-refractivity contribution in [1.29, 1.82) is 0 Å². The minimum Gasteiger partial charge on any atom is -0.357 e. The Labute approximate surface area is 116 Å². The van der Waals surface area contributed by atoms with Gasteiger partial charge in [0.15, 0.2) is 5.96 Å². The highest BCUT2D eigenvalue weighted by molar-refractivity contribution is 7.89. The van der Waals surface area contributed by atoms with E-state index in [1.807, 2.05) is 6.92 Å². The molecule has 1 saturated carbocycles. The fourth-order valence-corrected chi connectivity index (χ4v) is 2.15. The van der Waals surface area contributed by atoms with Crippen LogP contribution in [0.5, 0.6) is 0 Å². The van der Waals surface area contributed by atoms with Crippen molar-refractivity contribution < 1.29 is 8.42 Å². The number of aliphatic imine (C=N–C) groups is 1. The zero-order chi connectivity index (χ0) is 14.1. The van der Waals surface area contributed by atoms with Crippen molar-refractivity contribution in [2.45, 2.75) is 33.1 Å². The van der Waals surface area contributed by atoms with Gasteiger partial charge in [0.1, 0.15) is 0 Å². The van der Waals surface area contributed by atoms with Crippen molar-refractivity contribution in [3.63, 3.8) is 0 Å². The third-order valence-corrected chi connectivity index (χ3v) is 4.30. The van der Waals surface area contributed by atoms with Gasteiger partial charge in [0.05, 0.1) is 5.75 Å². The first-order valence-corrected chi connectivity index (χ1v) is 8.72. The van der Waals surface area contributed by atoms with E-state index in [4.69, 9.17) is 0 Å². The summed E-state index contributed by atoms with van der Waals surface area (Å²) in [7, 11) is -3.07. The molecule has 0 unspecified atom stereocenters. The van der Waals surface area contributed by atoms with E-state index in [1.54, 1.807) is 6.92 Å².